The SMILES string of the molecule is Cc1ccc2cccc([O][Al]([O]c3ccc(-c4c(F)c(F)c(F)c(F)c4F)cc3)[O]c3cccc4ccc(C)nc34)c2n1. The van der Waals surface area contributed by atoms with E-state index in [0.717, 1.165) is 22.2 Å². The molecule has 11 heteroatoms. The smallest absolute Gasteiger partial charge is 0.577 e. The first kappa shape index (κ1) is 28.4. The van der Waals surface area contributed by atoms with E-state index in [1.807, 2.05) is 62.4 Å². The predicted octanol–water partition coefficient (Wildman–Crippen LogP) is 8.28. The van der Waals surface area contributed by atoms with E-state index in [-0.39, 0.29) is 11.3 Å². The number of aromatic nitrogens is 2. The summed E-state index contributed by atoms with van der Waals surface area (Å²) in [4.78, 5) is 9.20. The van der Waals surface area contributed by atoms with E-state index in [9.17, 15) is 22.0 Å². The van der Waals surface area contributed by atoms with Crippen LogP contribution >= 0.6 is 0 Å². The van der Waals surface area contributed by atoms with Crippen LogP contribution in [0.25, 0.3) is 32.9 Å². The molecule has 2 heterocycles. The molecule has 0 unspecified atom stereocenters. The van der Waals surface area contributed by atoms with Crippen molar-refractivity contribution in [3.8, 4) is 28.4 Å². The molecular weight excluding hydrogens is 582 g/mol. The van der Waals surface area contributed by atoms with Gasteiger partial charge >= 0.3 is 15.1 Å². The molecule has 0 N–H and O–H groups in total. The lowest BCUT2D eigenvalue weighted by Gasteiger charge is -2.18. The van der Waals surface area contributed by atoms with Crippen molar-refractivity contribution in [1.82, 2.24) is 9.97 Å². The Morgan fingerprint density at radius 2 is 0.977 bits per heavy atom. The van der Waals surface area contributed by atoms with Crippen LogP contribution in [0, 0.1) is 42.9 Å². The molecule has 6 aromatic rings. The number of fused-ring (bicyclic) bond motifs is 2. The van der Waals surface area contributed by atoms with Gasteiger partial charge in [-0.1, -0.05) is 48.5 Å². The first-order valence-electron chi connectivity index (χ1n) is 13.0. The number of para-hydroxylation sites is 2. The van der Waals surface area contributed by atoms with Crippen molar-refractivity contribution < 1.29 is 33.3 Å². The Balaban J connectivity index is 1.37. The van der Waals surface area contributed by atoms with E-state index < -0.39 is 49.8 Å². The summed E-state index contributed by atoms with van der Waals surface area (Å²) in [7, 11) is 0. The van der Waals surface area contributed by atoms with E-state index >= 15 is 0 Å². The summed E-state index contributed by atoms with van der Waals surface area (Å²) >= 11 is -3.19. The highest BCUT2D eigenvalue weighted by Gasteiger charge is 2.45. The third kappa shape index (κ3) is 5.57. The molecule has 0 saturated carbocycles. The molecule has 0 atom stereocenters. The van der Waals surface area contributed by atoms with Gasteiger partial charge in [-0.2, -0.15) is 0 Å². The molecule has 5 nitrogen and oxygen atoms in total. The highest BCUT2D eigenvalue weighted by Crippen LogP contribution is 2.33. The first-order valence-corrected chi connectivity index (χ1v) is 14.5. The number of benzene rings is 4. The Labute approximate surface area is 247 Å². The quantitative estimate of drug-likeness (QED) is 0.0797. The molecule has 0 radical (unpaired) electrons. The molecule has 0 fully saturated rings. The zero-order chi connectivity index (χ0) is 30.2. The normalized spacial score (nSPS) is 11.1. The zero-order valence-electron chi connectivity index (χ0n) is 22.7. The average molecular weight is 602 g/mol. The van der Waals surface area contributed by atoms with Crippen LogP contribution in [0.5, 0.6) is 17.2 Å². The van der Waals surface area contributed by atoms with Gasteiger partial charge in [0.05, 0.1) is 11.3 Å². The Hall–Kier alpha value is -4.72. The van der Waals surface area contributed by atoms with Gasteiger partial charge in [-0.05, 0) is 55.8 Å². The van der Waals surface area contributed by atoms with Gasteiger partial charge in [0.25, 0.3) is 0 Å². The van der Waals surface area contributed by atoms with Crippen LogP contribution in [0.4, 0.5) is 22.0 Å². The second-order valence-electron chi connectivity index (χ2n) is 9.67. The van der Waals surface area contributed by atoms with Crippen LogP contribution in [0.2, 0.25) is 0 Å². The van der Waals surface area contributed by atoms with Crippen molar-refractivity contribution in [1.29, 1.82) is 0 Å². The molecule has 0 amide bonds. The van der Waals surface area contributed by atoms with Crippen LogP contribution in [0.3, 0.4) is 0 Å². The molecule has 0 spiro atoms. The summed E-state index contributed by atoms with van der Waals surface area (Å²) in [6.07, 6.45) is 0. The molecule has 43 heavy (non-hydrogen) atoms. The van der Waals surface area contributed by atoms with Crippen LogP contribution < -0.4 is 11.4 Å². The van der Waals surface area contributed by atoms with Crippen molar-refractivity contribution >= 4 is 37.0 Å². The summed E-state index contributed by atoms with van der Waals surface area (Å²) in [5.41, 5.74) is 1.48. The number of rotatable bonds is 7. The predicted molar refractivity (Wildman–Crippen MR) is 152 cm³/mol. The Morgan fingerprint density at radius 3 is 1.47 bits per heavy atom. The van der Waals surface area contributed by atoms with Crippen LogP contribution in [0.1, 0.15) is 11.4 Å². The number of hydrogen-bond donors (Lipinski definition) is 0. The van der Waals surface area contributed by atoms with Crippen molar-refractivity contribution in [3.63, 3.8) is 0 Å². The molecular formula is C32H20AlF5N2O3. The summed E-state index contributed by atoms with van der Waals surface area (Å²) in [6, 6.07) is 23.5. The third-order valence-electron chi connectivity index (χ3n) is 6.68. The van der Waals surface area contributed by atoms with Gasteiger partial charge in [-0.3, -0.25) is 0 Å². The molecule has 0 aliphatic rings. The third-order valence-corrected chi connectivity index (χ3v) is 8.03. The fourth-order valence-electron chi connectivity index (χ4n) is 4.57. The maximum Gasteiger partial charge on any atom is 1.20 e. The Bertz CT molecular complexity index is 1890. The largest absolute Gasteiger partial charge is 1.20 e. The van der Waals surface area contributed by atoms with Crippen molar-refractivity contribution in [2.75, 3.05) is 0 Å². The minimum atomic E-state index is -3.19. The molecule has 0 bridgehead atoms. The number of pyridine rings is 2. The number of nitrogens with zero attached hydrogens (tertiary/aromatic N) is 2. The van der Waals surface area contributed by atoms with Gasteiger partial charge in [0.2, 0.25) is 5.82 Å². The molecule has 214 valence electrons. The Kier molecular flexibility index (Phi) is 7.61. The van der Waals surface area contributed by atoms with Crippen molar-refractivity contribution in [3.05, 3.63) is 125 Å². The highest BCUT2D eigenvalue weighted by atomic mass is 27.3. The Morgan fingerprint density at radius 1 is 0.512 bits per heavy atom. The van der Waals surface area contributed by atoms with E-state index in [1.54, 1.807) is 12.1 Å². The summed E-state index contributed by atoms with van der Waals surface area (Å²) in [5.74, 6) is -9.12. The van der Waals surface area contributed by atoms with E-state index in [1.165, 1.54) is 24.3 Å². The van der Waals surface area contributed by atoms with Crippen LogP contribution in [-0.2, 0) is 0 Å². The summed E-state index contributed by atoms with van der Waals surface area (Å²) in [5, 5.41) is 1.68. The number of hydrogen-bond acceptors (Lipinski definition) is 5. The topological polar surface area (TPSA) is 53.5 Å². The van der Waals surface area contributed by atoms with Gasteiger partial charge in [-0.15, -0.1) is 0 Å². The van der Waals surface area contributed by atoms with Gasteiger partial charge in [0, 0.05) is 22.2 Å². The lowest BCUT2D eigenvalue weighted by atomic mass is 10.0. The van der Waals surface area contributed by atoms with Gasteiger partial charge < -0.3 is 11.4 Å². The second-order valence-corrected chi connectivity index (χ2v) is 11.0. The highest BCUT2D eigenvalue weighted by molar-refractivity contribution is 6.40. The summed E-state index contributed by atoms with van der Waals surface area (Å²) < 4.78 is 88.7. The minimum Gasteiger partial charge on any atom is -0.577 e. The van der Waals surface area contributed by atoms with E-state index in [2.05, 4.69) is 9.97 Å². The van der Waals surface area contributed by atoms with Crippen molar-refractivity contribution in [2.45, 2.75) is 13.8 Å². The molecule has 0 saturated heterocycles. The summed E-state index contributed by atoms with van der Waals surface area (Å²) in [6.45, 7) is 3.71. The number of halogens is 5. The van der Waals surface area contributed by atoms with Gasteiger partial charge in [0.15, 0.2) is 23.3 Å². The maximum atomic E-state index is 14.4. The fraction of sp³-hybridized carbons (Fsp3) is 0.0625. The standard InChI is InChI=1S/C12H5F5O.2C10H9NO.Al/c13-8-7(5-1-3-6(18)4-2-5)9(14)11(16)12(17)10(8)15;2*1-7-5-6-8-3-2-4-9(12)10(8)11-7;/h1-4,18H;2*2-6,12H,1H3;/q;;;+3/p-3. The second kappa shape index (κ2) is 11.5. The van der Waals surface area contributed by atoms with Gasteiger partial charge in [0.1, 0.15) is 22.5 Å². The molecule has 2 aromatic heterocycles. The minimum absolute atomic E-state index is 0.179. The van der Waals surface area contributed by atoms with Gasteiger partial charge in [-0.25, -0.2) is 31.9 Å². The van der Waals surface area contributed by atoms with Crippen LogP contribution in [0.15, 0.2) is 84.9 Å². The zero-order valence-corrected chi connectivity index (χ0v) is 23.8. The van der Waals surface area contributed by atoms with Crippen LogP contribution in [-0.4, -0.2) is 25.1 Å². The molecule has 4 aromatic carbocycles. The lowest BCUT2D eigenvalue weighted by molar-refractivity contribution is 0.310. The molecule has 6 rings (SSSR count). The number of aryl methyl sites for hydroxylation is 2. The molecule has 0 aliphatic carbocycles. The van der Waals surface area contributed by atoms with Crippen molar-refractivity contribution in [2.24, 2.45) is 0 Å². The van der Waals surface area contributed by atoms with E-state index in [0.29, 0.717) is 22.5 Å². The maximum absolute atomic E-state index is 14.4. The fourth-order valence-corrected chi connectivity index (χ4v) is 5.89. The molecule has 0 aliphatic heterocycles. The average Bonchev–Trinajstić information content (AvgIpc) is 3.00. The first-order chi connectivity index (χ1) is 20.7. The lowest BCUT2D eigenvalue weighted by Crippen LogP contribution is -2.37. The van der Waals surface area contributed by atoms with E-state index in [4.69, 9.17) is 11.4 Å². The monoisotopic (exact) mass is 602 g/mol.